The molecule has 0 radical (unpaired) electrons. The topological polar surface area (TPSA) is 174 Å². The molecule has 0 aromatic carbocycles. The van der Waals surface area contributed by atoms with E-state index in [9.17, 15) is 24.7 Å². The van der Waals surface area contributed by atoms with E-state index in [1.807, 2.05) is 0 Å². The number of phosphoric acid groups is 1. The molecule has 0 spiro atoms. The third-order valence-electron chi connectivity index (χ3n) is 4.16. The van der Waals surface area contributed by atoms with Gasteiger partial charge >= 0.3 is 13.4 Å². The highest BCUT2D eigenvalue weighted by Crippen LogP contribution is 2.61. The Bertz CT molecular complexity index is 1080. The monoisotopic (exact) mass is 407 g/mol. The van der Waals surface area contributed by atoms with Gasteiger partial charge in [0.25, 0.3) is 5.95 Å². The van der Waals surface area contributed by atoms with Crippen molar-refractivity contribution in [3.05, 3.63) is 15.1 Å². The van der Waals surface area contributed by atoms with Crippen LogP contribution in [0, 0.1) is 4.77 Å². The lowest BCUT2D eigenvalue weighted by molar-refractivity contribution is -0.108. The van der Waals surface area contributed by atoms with Gasteiger partial charge in [0, 0.05) is 0 Å². The number of ether oxygens (including phenoxy) is 1. The zero-order valence-electron chi connectivity index (χ0n) is 12.5. The number of rotatable bonds is 2. The molecule has 0 saturated carbocycles. The molecule has 6 heterocycles. The minimum Gasteiger partial charge on any atom is -0.394 e. The van der Waals surface area contributed by atoms with Crippen molar-refractivity contribution in [3.63, 3.8) is 0 Å². The van der Waals surface area contributed by atoms with Gasteiger partial charge in [0.1, 0.15) is 18.3 Å². The molecule has 4 aliphatic heterocycles. The zero-order valence-corrected chi connectivity index (χ0v) is 14.2. The van der Waals surface area contributed by atoms with Crippen molar-refractivity contribution in [2.75, 3.05) is 11.8 Å². The lowest BCUT2D eigenvalue weighted by Gasteiger charge is -2.39. The first-order valence-corrected chi connectivity index (χ1v) is 9.09. The van der Waals surface area contributed by atoms with Crippen LogP contribution in [-0.4, -0.2) is 59.5 Å². The molecule has 4 N–H and O–H groups in total. The molecule has 2 saturated heterocycles. The number of aromatic amines is 1. The summed E-state index contributed by atoms with van der Waals surface area (Å²) in [6.07, 6.45) is -5.20. The highest BCUT2D eigenvalue weighted by molar-refractivity contribution is 7.71. The van der Waals surface area contributed by atoms with Gasteiger partial charge in [0.05, 0.1) is 6.61 Å². The summed E-state index contributed by atoms with van der Waals surface area (Å²) in [6, 6.07) is 0. The maximum Gasteiger partial charge on any atom is 0.597 e. The maximum atomic E-state index is 12.3. The number of aromatic nitrogens is 4. The van der Waals surface area contributed by atoms with Crippen molar-refractivity contribution >= 4 is 37.2 Å². The number of imidazole rings is 1. The van der Waals surface area contributed by atoms with Crippen LogP contribution in [-0.2, 0) is 18.6 Å². The maximum absolute atomic E-state index is 12.3. The molecule has 2 bridgehead atoms. The quantitative estimate of drug-likeness (QED) is 0.322. The number of anilines is 1. The van der Waals surface area contributed by atoms with E-state index in [0.717, 1.165) is 9.30 Å². The number of nitrogens with one attached hydrogen (secondary N) is 1. The Morgan fingerprint density at radius 3 is 2.65 bits per heavy atom. The number of aliphatic hydroxyl groups excluding tert-OH is 3. The molecule has 4 unspecified atom stereocenters. The Morgan fingerprint density at radius 1 is 1.27 bits per heavy atom. The lowest BCUT2D eigenvalue weighted by atomic mass is 10.1. The van der Waals surface area contributed by atoms with E-state index in [1.165, 1.54) is 0 Å². The molecule has 16 heteroatoms. The van der Waals surface area contributed by atoms with Crippen LogP contribution in [0.15, 0.2) is 4.79 Å². The standard InChI is InChI=1S/C10H10N5O9PS/c16-1-2-4(17)5(18)8(21-2)13-7-3(11-10(13)26)6(19)12-9-14(7)22-25(20)23-15(9)24-25/h2,4-5,8,16-18H,1H2,(H,11,26). The molecule has 2 aromatic rings. The van der Waals surface area contributed by atoms with Crippen LogP contribution in [0.2, 0.25) is 0 Å². The van der Waals surface area contributed by atoms with Crippen LogP contribution in [0.1, 0.15) is 6.23 Å². The first-order valence-electron chi connectivity index (χ1n) is 7.22. The van der Waals surface area contributed by atoms with Gasteiger partial charge in [-0.2, -0.15) is 4.98 Å². The highest BCUT2D eigenvalue weighted by atomic mass is 32.1. The summed E-state index contributed by atoms with van der Waals surface area (Å²) in [5, 5.41) is 30.1. The first kappa shape index (κ1) is 16.3. The van der Waals surface area contributed by atoms with Crippen molar-refractivity contribution in [3.8, 4) is 0 Å². The molecular formula is C10H10N5O9PS. The lowest BCUT2D eigenvalue weighted by Crippen LogP contribution is -2.46. The second kappa shape index (κ2) is 5.11. The molecule has 0 amide bonds. The fraction of sp³-hybridized carbons (Fsp3) is 0.500. The minimum absolute atomic E-state index is 0.0624. The molecule has 4 atom stereocenters. The third-order valence-corrected chi connectivity index (χ3v) is 5.52. The SMILES string of the molecule is O=c1nc2n(c3c1[nH]c(=S)n3C1OC(CO)C(O)C1O)OP1(=O)ON2O1. The van der Waals surface area contributed by atoms with Gasteiger partial charge in [-0.15, -0.1) is 14.0 Å². The number of H-pyrrole nitrogens is 1. The van der Waals surface area contributed by atoms with E-state index in [4.69, 9.17) is 30.8 Å². The summed E-state index contributed by atoms with van der Waals surface area (Å²) < 4.78 is 34.1. The second-order valence-corrected chi connectivity index (χ2v) is 7.46. The molecule has 2 aromatic heterocycles. The number of hydrogen-bond donors (Lipinski definition) is 4. The highest BCUT2D eigenvalue weighted by Gasteiger charge is 2.56. The van der Waals surface area contributed by atoms with Crippen molar-refractivity contribution in [2.24, 2.45) is 0 Å². The van der Waals surface area contributed by atoms with E-state index in [0.29, 0.717) is 5.23 Å². The molecule has 0 aliphatic carbocycles. The van der Waals surface area contributed by atoms with Crippen molar-refractivity contribution in [1.29, 1.82) is 0 Å². The summed E-state index contributed by atoms with van der Waals surface area (Å²) >= 11 is 5.18. The minimum atomic E-state index is -3.89. The van der Waals surface area contributed by atoms with Gasteiger partial charge in [-0.3, -0.25) is 9.36 Å². The number of hydrogen-bond acceptors (Lipinski definition) is 12. The Kier molecular flexibility index (Phi) is 3.21. The first-order chi connectivity index (χ1) is 12.3. The fourth-order valence-corrected chi connectivity index (χ4v) is 4.21. The predicted molar refractivity (Wildman–Crippen MR) is 81.0 cm³/mol. The summed E-state index contributed by atoms with van der Waals surface area (Å²) in [5.74, 6) is -0.269. The van der Waals surface area contributed by atoms with Gasteiger partial charge < -0.3 is 29.7 Å². The molecule has 140 valence electrons. The van der Waals surface area contributed by atoms with Crippen LogP contribution in [0.3, 0.4) is 0 Å². The van der Waals surface area contributed by atoms with Crippen molar-refractivity contribution < 1.29 is 38.5 Å². The van der Waals surface area contributed by atoms with Gasteiger partial charge in [0.2, 0.25) is 0 Å². The normalized spacial score (nSPS) is 31.6. The molecule has 6 rings (SSSR count). The zero-order chi connectivity index (χ0) is 18.4. The van der Waals surface area contributed by atoms with Crippen LogP contribution < -0.4 is 15.4 Å². The summed E-state index contributed by atoms with van der Waals surface area (Å²) in [4.78, 5) is 18.6. The summed E-state index contributed by atoms with van der Waals surface area (Å²) in [5.41, 5.74) is -0.953. The Hall–Kier alpha value is -1.84. The Balaban J connectivity index is 1.77. The van der Waals surface area contributed by atoms with E-state index in [-0.39, 0.29) is 21.9 Å². The van der Waals surface area contributed by atoms with Gasteiger partial charge in [-0.1, -0.05) is 5.23 Å². The third kappa shape index (κ3) is 1.96. The van der Waals surface area contributed by atoms with Crippen LogP contribution >= 0.6 is 20.0 Å². The fourth-order valence-electron chi connectivity index (χ4n) is 2.99. The van der Waals surface area contributed by atoms with E-state index in [1.54, 1.807) is 0 Å². The van der Waals surface area contributed by atoms with Gasteiger partial charge in [0.15, 0.2) is 22.2 Å². The van der Waals surface area contributed by atoms with Crippen LogP contribution in [0.25, 0.3) is 11.2 Å². The molecule has 14 nitrogen and oxygen atoms in total. The van der Waals surface area contributed by atoms with E-state index >= 15 is 0 Å². The summed E-state index contributed by atoms with van der Waals surface area (Å²) in [7, 11) is -3.89. The number of aliphatic hydroxyl groups is 3. The Morgan fingerprint density at radius 2 is 2.00 bits per heavy atom. The van der Waals surface area contributed by atoms with Crippen molar-refractivity contribution in [1.82, 2.24) is 19.3 Å². The van der Waals surface area contributed by atoms with Gasteiger partial charge in [-0.25, -0.2) is 4.57 Å². The molecular weight excluding hydrogens is 397 g/mol. The van der Waals surface area contributed by atoms with Crippen molar-refractivity contribution in [2.45, 2.75) is 24.5 Å². The molecule has 2 fully saturated rings. The van der Waals surface area contributed by atoms with Crippen LogP contribution in [0.5, 0.6) is 0 Å². The second-order valence-electron chi connectivity index (χ2n) is 5.69. The molecule has 4 aliphatic rings. The smallest absolute Gasteiger partial charge is 0.394 e. The number of fused-ring (bicyclic) bond motifs is 1. The molecule has 26 heavy (non-hydrogen) atoms. The number of nitrogens with zero attached hydrogens (tertiary/aromatic N) is 4. The average molecular weight is 407 g/mol. The summed E-state index contributed by atoms with van der Waals surface area (Å²) in [6.45, 7) is -0.550. The average Bonchev–Trinajstić information content (AvgIpc) is 3.06. The van der Waals surface area contributed by atoms with Crippen LogP contribution in [0.4, 0.5) is 5.95 Å². The van der Waals surface area contributed by atoms with Gasteiger partial charge in [-0.05, 0) is 12.2 Å². The van der Waals surface area contributed by atoms with E-state index < -0.39 is 44.5 Å². The Labute approximate surface area is 147 Å². The predicted octanol–water partition coefficient (Wildman–Crippen LogP) is -1.90. The largest absolute Gasteiger partial charge is 0.597 e. The van der Waals surface area contributed by atoms with E-state index in [2.05, 4.69) is 9.97 Å².